The van der Waals surface area contributed by atoms with Gasteiger partial charge in [0.1, 0.15) is 6.10 Å². The first-order chi connectivity index (χ1) is 18.3. The number of phenols is 1. The molecule has 0 fully saturated rings. The fraction of sp³-hybridized carbons (Fsp3) is 0.241. The summed E-state index contributed by atoms with van der Waals surface area (Å²) in [6, 6.07) is 19.4. The number of hydrogen-bond donors (Lipinski definition) is 4. The van der Waals surface area contributed by atoms with Gasteiger partial charge in [0.25, 0.3) is 0 Å². The Labute approximate surface area is 227 Å². The molecule has 2 amide bonds. The lowest BCUT2D eigenvalue weighted by Gasteiger charge is -2.25. The van der Waals surface area contributed by atoms with Crippen molar-refractivity contribution >= 4 is 40.8 Å². The molecule has 5 N–H and O–H groups in total. The molecule has 0 unspecified atom stereocenters. The summed E-state index contributed by atoms with van der Waals surface area (Å²) in [6.07, 6.45) is 5.13. The number of carbonyl (C=O) groups excluding carboxylic acids is 2. The van der Waals surface area contributed by atoms with Gasteiger partial charge in [-0.2, -0.15) is 0 Å². The van der Waals surface area contributed by atoms with Crippen LogP contribution in [0.4, 0.5) is 21.9 Å². The van der Waals surface area contributed by atoms with E-state index in [1.54, 1.807) is 54.2 Å². The molecule has 38 heavy (non-hydrogen) atoms. The molecule has 0 heterocycles. The van der Waals surface area contributed by atoms with Gasteiger partial charge in [-0.05, 0) is 85.2 Å². The van der Waals surface area contributed by atoms with Crippen LogP contribution in [0.5, 0.6) is 11.5 Å². The van der Waals surface area contributed by atoms with E-state index in [2.05, 4.69) is 10.6 Å². The summed E-state index contributed by atoms with van der Waals surface area (Å²) in [4.78, 5) is 26.1. The molecule has 3 aromatic rings. The number of thioether (sulfide) groups is 1. The molecule has 2 atom stereocenters. The number of carbonyl (C=O) groups is 2. The molecular formula is C29H33N3O5S. The molecule has 0 aliphatic heterocycles. The topological polar surface area (TPSA) is 123 Å². The number of ether oxygens (including phenoxy) is 2. The van der Waals surface area contributed by atoms with E-state index in [1.165, 1.54) is 19.3 Å². The van der Waals surface area contributed by atoms with Gasteiger partial charge in [0.05, 0.1) is 18.5 Å². The molecular weight excluding hydrogens is 502 g/mol. The maximum absolute atomic E-state index is 12.8. The number of nitrogens with one attached hydrogen (secondary N) is 2. The quantitative estimate of drug-likeness (QED) is 0.124. The van der Waals surface area contributed by atoms with Crippen molar-refractivity contribution in [3.63, 3.8) is 0 Å². The lowest BCUT2D eigenvalue weighted by Crippen LogP contribution is -2.22. The second-order valence-electron chi connectivity index (χ2n) is 8.64. The minimum absolute atomic E-state index is 0.0457. The molecule has 0 saturated carbocycles. The predicted molar refractivity (Wildman–Crippen MR) is 153 cm³/mol. The van der Waals surface area contributed by atoms with Crippen molar-refractivity contribution in [2.45, 2.75) is 30.8 Å². The van der Waals surface area contributed by atoms with Gasteiger partial charge in [-0.25, -0.2) is 4.79 Å². The molecule has 0 radical (unpaired) electrons. The SMILES string of the molecule is COc1ccc([C@H](OC(=O)Nc2ccc(SC)cc2)[C@@H](C)CC/C=C/C(=O)Nc2ccccc2N)cc1O. The van der Waals surface area contributed by atoms with E-state index >= 15 is 0 Å². The highest BCUT2D eigenvalue weighted by Gasteiger charge is 2.24. The van der Waals surface area contributed by atoms with Crippen LogP contribution in [-0.2, 0) is 9.53 Å². The molecule has 200 valence electrons. The Kier molecular flexibility index (Phi) is 10.5. The number of para-hydroxylation sites is 2. The van der Waals surface area contributed by atoms with Crippen LogP contribution in [0.1, 0.15) is 31.4 Å². The van der Waals surface area contributed by atoms with E-state index in [4.69, 9.17) is 15.2 Å². The molecule has 0 spiro atoms. The van der Waals surface area contributed by atoms with Crippen LogP contribution in [0.15, 0.2) is 83.8 Å². The minimum atomic E-state index is -0.649. The number of amides is 2. The number of phenolic OH excluding ortho intramolecular Hbond substituents is 1. The number of nitrogens with two attached hydrogens (primary N) is 1. The van der Waals surface area contributed by atoms with Crippen molar-refractivity contribution in [3.8, 4) is 11.5 Å². The lowest BCUT2D eigenvalue weighted by atomic mass is 9.92. The molecule has 8 nitrogen and oxygen atoms in total. The first-order valence-corrected chi connectivity index (χ1v) is 13.3. The molecule has 0 aliphatic rings. The van der Waals surface area contributed by atoms with Gasteiger partial charge in [-0.3, -0.25) is 10.1 Å². The molecule has 3 aromatic carbocycles. The van der Waals surface area contributed by atoms with Gasteiger partial charge >= 0.3 is 6.09 Å². The fourth-order valence-corrected chi connectivity index (χ4v) is 4.23. The Bertz CT molecular complexity index is 1260. The van der Waals surface area contributed by atoms with Crippen molar-refractivity contribution in [3.05, 3.63) is 84.4 Å². The monoisotopic (exact) mass is 535 g/mol. The smallest absolute Gasteiger partial charge is 0.412 e. The van der Waals surface area contributed by atoms with E-state index in [-0.39, 0.29) is 17.6 Å². The highest BCUT2D eigenvalue weighted by atomic mass is 32.2. The maximum Gasteiger partial charge on any atom is 0.412 e. The Balaban J connectivity index is 1.66. The van der Waals surface area contributed by atoms with Crippen LogP contribution in [0.25, 0.3) is 0 Å². The first kappa shape index (κ1) is 28.5. The van der Waals surface area contributed by atoms with Crippen LogP contribution in [-0.4, -0.2) is 30.5 Å². The third kappa shape index (κ3) is 8.21. The average Bonchev–Trinajstić information content (AvgIpc) is 2.91. The minimum Gasteiger partial charge on any atom is -0.504 e. The standard InChI is InChI=1S/C29H33N3O5S/c1-19(8-4-7-11-27(34)32-24-10-6-5-9-23(24)30)28(20-12-17-26(36-2)25(33)18-20)37-29(35)31-21-13-15-22(38-3)16-14-21/h5-7,9-19,28,33H,4,8,30H2,1-3H3,(H,31,35)(H,32,34)/b11-7+/t19-,28+/m0/s1. The third-order valence-corrected chi connectivity index (χ3v) is 6.64. The number of anilines is 3. The number of benzene rings is 3. The number of nitrogen functional groups attached to an aromatic ring is 1. The lowest BCUT2D eigenvalue weighted by molar-refractivity contribution is -0.111. The summed E-state index contributed by atoms with van der Waals surface area (Å²) in [6.45, 7) is 1.95. The van der Waals surface area contributed by atoms with Gasteiger partial charge in [0.15, 0.2) is 11.5 Å². The molecule has 9 heteroatoms. The van der Waals surface area contributed by atoms with E-state index in [1.807, 2.05) is 37.4 Å². The van der Waals surface area contributed by atoms with Crippen LogP contribution in [0.2, 0.25) is 0 Å². The summed E-state index contributed by atoms with van der Waals surface area (Å²) in [5.41, 5.74) is 8.16. The summed E-state index contributed by atoms with van der Waals surface area (Å²) >= 11 is 1.61. The van der Waals surface area contributed by atoms with Gasteiger partial charge in [-0.15, -0.1) is 11.8 Å². The van der Waals surface area contributed by atoms with Gasteiger partial charge in [0.2, 0.25) is 5.91 Å². The van der Waals surface area contributed by atoms with Gasteiger partial charge < -0.3 is 25.6 Å². The molecule has 0 saturated heterocycles. The van der Waals surface area contributed by atoms with Crippen LogP contribution in [0, 0.1) is 5.92 Å². The summed E-state index contributed by atoms with van der Waals surface area (Å²) < 4.78 is 11.0. The fourth-order valence-electron chi connectivity index (χ4n) is 3.82. The van der Waals surface area contributed by atoms with E-state index in [9.17, 15) is 14.7 Å². The van der Waals surface area contributed by atoms with Crippen molar-refractivity contribution in [1.82, 2.24) is 0 Å². The largest absolute Gasteiger partial charge is 0.504 e. The van der Waals surface area contributed by atoms with Crippen molar-refractivity contribution in [2.75, 3.05) is 29.7 Å². The molecule has 0 aliphatic carbocycles. The zero-order chi connectivity index (χ0) is 27.5. The Morgan fingerprint density at radius 3 is 2.47 bits per heavy atom. The number of rotatable bonds is 11. The van der Waals surface area contributed by atoms with Crippen molar-refractivity contribution in [2.24, 2.45) is 5.92 Å². The second kappa shape index (κ2) is 14.0. The number of aromatic hydroxyl groups is 1. The Morgan fingerprint density at radius 1 is 1.08 bits per heavy atom. The van der Waals surface area contributed by atoms with Crippen molar-refractivity contribution < 1.29 is 24.2 Å². The van der Waals surface area contributed by atoms with Crippen LogP contribution in [0.3, 0.4) is 0 Å². The number of hydrogen-bond acceptors (Lipinski definition) is 7. The Morgan fingerprint density at radius 2 is 1.82 bits per heavy atom. The molecule has 0 bridgehead atoms. The second-order valence-corrected chi connectivity index (χ2v) is 9.52. The normalized spacial score (nSPS) is 12.5. The van der Waals surface area contributed by atoms with Gasteiger partial charge in [-0.1, -0.05) is 31.2 Å². The number of allylic oxidation sites excluding steroid dienone is 1. The van der Waals surface area contributed by atoms with Crippen LogP contribution < -0.4 is 21.1 Å². The van der Waals surface area contributed by atoms with E-state index < -0.39 is 12.2 Å². The summed E-state index contributed by atoms with van der Waals surface area (Å²) in [5, 5.41) is 15.8. The van der Waals surface area contributed by atoms with Crippen molar-refractivity contribution in [1.29, 1.82) is 0 Å². The maximum atomic E-state index is 12.8. The molecule has 0 aromatic heterocycles. The van der Waals surface area contributed by atoms with Gasteiger partial charge in [0, 0.05) is 10.6 Å². The van der Waals surface area contributed by atoms with E-state index in [0.29, 0.717) is 41.2 Å². The Hall–Kier alpha value is -4.11. The predicted octanol–water partition coefficient (Wildman–Crippen LogP) is 6.61. The van der Waals surface area contributed by atoms with E-state index in [0.717, 1.165) is 4.90 Å². The summed E-state index contributed by atoms with van der Waals surface area (Å²) in [7, 11) is 1.47. The summed E-state index contributed by atoms with van der Waals surface area (Å²) in [5.74, 6) is -0.137. The number of methoxy groups -OCH3 is 1. The highest BCUT2D eigenvalue weighted by Crippen LogP contribution is 2.35. The first-order valence-electron chi connectivity index (χ1n) is 12.1. The average molecular weight is 536 g/mol. The third-order valence-electron chi connectivity index (χ3n) is 5.90. The molecule has 3 rings (SSSR count). The highest BCUT2D eigenvalue weighted by molar-refractivity contribution is 7.98. The zero-order valence-corrected chi connectivity index (χ0v) is 22.5. The van der Waals surface area contributed by atoms with Crippen LogP contribution >= 0.6 is 11.8 Å². The zero-order valence-electron chi connectivity index (χ0n) is 21.6.